The summed E-state index contributed by atoms with van der Waals surface area (Å²) in [6.45, 7) is 9.64. The highest BCUT2D eigenvalue weighted by atomic mass is 16.5. The van der Waals surface area contributed by atoms with Crippen LogP contribution >= 0.6 is 0 Å². The van der Waals surface area contributed by atoms with Crippen LogP contribution in [-0.2, 0) is 14.3 Å². The van der Waals surface area contributed by atoms with Crippen LogP contribution in [0.2, 0.25) is 0 Å². The summed E-state index contributed by atoms with van der Waals surface area (Å²) in [6.07, 6.45) is 1.28. The summed E-state index contributed by atoms with van der Waals surface area (Å²) >= 11 is 0. The van der Waals surface area contributed by atoms with Crippen LogP contribution in [0.3, 0.4) is 0 Å². The summed E-state index contributed by atoms with van der Waals surface area (Å²) in [4.78, 5) is 11.2. The maximum absolute atomic E-state index is 11.2. The Morgan fingerprint density at radius 3 is 2.56 bits per heavy atom. The molecule has 1 rings (SSSR count). The topological polar surface area (TPSA) is 47.6 Å². The monoisotopic (exact) mass is 229 g/mol. The highest BCUT2D eigenvalue weighted by molar-refractivity contribution is 5.71. The van der Waals surface area contributed by atoms with Gasteiger partial charge in [-0.1, -0.05) is 13.8 Å². The molecule has 4 nitrogen and oxygen atoms in total. The molecule has 1 aliphatic rings. The van der Waals surface area contributed by atoms with Crippen molar-refractivity contribution in [3.05, 3.63) is 0 Å². The Bertz CT molecular complexity index is 240. The van der Waals surface area contributed by atoms with E-state index in [1.807, 2.05) is 13.8 Å². The SMILES string of the molecule is CCOC(=O)CNC1CC(OCC)C1(C)C. The summed E-state index contributed by atoms with van der Waals surface area (Å²) in [5.41, 5.74) is 0.0997. The molecule has 1 fully saturated rings. The third-order valence-electron chi connectivity index (χ3n) is 3.34. The Hall–Kier alpha value is -0.610. The molecule has 0 aromatic rings. The molecule has 1 aliphatic carbocycles. The first kappa shape index (κ1) is 13.5. The second kappa shape index (κ2) is 5.64. The number of carbonyl (C=O) groups is 1. The average Bonchev–Trinajstić information content (AvgIpc) is 2.22. The molecule has 1 N–H and O–H groups in total. The molecule has 0 amide bonds. The van der Waals surface area contributed by atoms with Gasteiger partial charge in [0.1, 0.15) is 0 Å². The van der Waals surface area contributed by atoms with Crippen LogP contribution in [0.25, 0.3) is 0 Å². The van der Waals surface area contributed by atoms with Gasteiger partial charge in [0.15, 0.2) is 0 Å². The van der Waals surface area contributed by atoms with Crippen molar-refractivity contribution < 1.29 is 14.3 Å². The van der Waals surface area contributed by atoms with E-state index in [-0.39, 0.29) is 11.4 Å². The van der Waals surface area contributed by atoms with Crippen molar-refractivity contribution in [2.45, 2.75) is 46.3 Å². The molecule has 2 unspecified atom stereocenters. The van der Waals surface area contributed by atoms with Crippen LogP contribution in [0.1, 0.15) is 34.1 Å². The first-order valence-corrected chi connectivity index (χ1v) is 6.03. The summed E-state index contributed by atoms with van der Waals surface area (Å²) in [5.74, 6) is -0.182. The van der Waals surface area contributed by atoms with Crippen molar-refractivity contribution in [1.29, 1.82) is 0 Å². The van der Waals surface area contributed by atoms with Crippen LogP contribution in [-0.4, -0.2) is 37.9 Å². The Morgan fingerprint density at radius 1 is 1.38 bits per heavy atom. The van der Waals surface area contributed by atoms with Crippen LogP contribution in [0.15, 0.2) is 0 Å². The molecule has 0 spiro atoms. The van der Waals surface area contributed by atoms with Gasteiger partial charge in [0.2, 0.25) is 0 Å². The Balaban J connectivity index is 2.28. The standard InChI is InChI=1S/C12H23NO3/c1-5-15-10-7-9(12(10,3)4)13-8-11(14)16-6-2/h9-10,13H,5-8H2,1-4H3. The first-order chi connectivity index (χ1) is 7.52. The van der Waals surface area contributed by atoms with Crippen molar-refractivity contribution in [3.63, 3.8) is 0 Å². The van der Waals surface area contributed by atoms with Gasteiger partial charge in [0, 0.05) is 18.1 Å². The van der Waals surface area contributed by atoms with Crippen LogP contribution in [0, 0.1) is 5.41 Å². The molecule has 2 atom stereocenters. The fraction of sp³-hybridized carbons (Fsp3) is 0.917. The largest absolute Gasteiger partial charge is 0.465 e. The minimum absolute atomic E-state index is 0.0997. The van der Waals surface area contributed by atoms with Gasteiger partial charge in [-0.05, 0) is 20.3 Å². The second-order valence-electron chi connectivity index (χ2n) is 4.74. The number of hydrogen-bond donors (Lipinski definition) is 1. The smallest absolute Gasteiger partial charge is 0.319 e. The van der Waals surface area contributed by atoms with Gasteiger partial charge >= 0.3 is 5.97 Å². The highest BCUT2D eigenvalue weighted by Crippen LogP contribution is 2.42. The average molecular weight is 229 g/mol. The third kappa shape index (κ3) is 2.95. The Labute approximate surface area is 97.7 Å². The van der Waals surface area contributed by atoms with E-state index in [9.17, 15) is 4.79 Å². The lowest BCUT2D eigenvalue weighted by Crippen LogP contribution is -2.61. The van der Waals surface area contributed by atoms with Crippen molar-refractivity contribution in [2.75, 3.05) is 19.8 Å². The molecule has 0 aliphatic heterocycles. The van der Waals surface area contributed by atoms with E-state index in [0.29, 0.717) is 25.3 Å². The molecule has 0 saturated heterocycles. The van der Waals surface area contributed by atoms with Crippen LogP contribution in [0.5, 0.6) is 0 Å². The van der Waals surface area contributed by atoms with Gasteiger partial charge in [-0.15, -0.1) is 0 Å². The summed E-state index contributed by atoms with van der Waals surface area (Å²) < 4.78 is 10.5. The number of hydrogen-bond acceptors (Lipinski definition) is 4. The minimum atomic E-state index is -0.182. The van der Waals surface area contributed by atoms with Gasteiger partial charge in [-0.3, -0.25) is 4.79 Å². The van der Waals surface area contributed by atoms with Gasteiger partial charge in [0.05, 0.1) is 19.3 Å². The van der Waals surface area contributed by atoms with E-state index in [0.717, 1.165) is 13.0 Å². The predicted molar refractivity (Wildman–Crippen MR) is 62.2 cm³/mol. The molecule has 0 aromatic heterocycles. The fourth-order valence-corrected chi connectivity index (χ4v) is 2.13. The molecule has 0 radical (unpaired) electrons. The van der Waals surface area contributed by atoms with E-state index >= 15 is 0 Å². The number of nitrogens with one attached hydrogen (secondary N) is 1. The van der Waals surface area contributed by atoms with E-state index < -0.39 is 0 Å². The molecule has 0 bridgehead atoms. The predicted octanol–water partition coefficient (Wildman–Crippen LogP) is 1.34. The number of esters is 1. The molecular formula is C12H23NO3. The first-order valence-electron chi connectivity index (χ1n) is 6.03. The zero-order valence-electron chi connectivity index (χ0n) is 10.7. The zero-order valence-corrected chi connectivity index (χ0v) is 10.7. The summed E-state index contributed by atoms with van der Waals surface area (Å²) in [5, 5.41) is 3.23. The molecule has 4 heteroatoms. The molecular weight excluding hydrogens is 206 g/mol. The maximum Gasteiger partial charge on any atom is 0.319 e. The minimum Gasteiger partial charge on any atom is -0.465 e. The third-order valence-corrected chi connectivity index (χ3v) is 3.34. The van der Waals surface area contributed by atoms with Gasteiger partial charge in [0.25, 0.3) is 0 Å². The highest BCUT2D eigenvalue weighted by Gasteiger charge is 2.48. The molecule has 16 heavy (non-hydrogen) atoms. The van der Waals surface area contributed by atoms with Gasteiger partial charge in [-0.25, -0.2) is 0 Å². The lowest BCUT2D eigenvalue weighted by atomic mass is 9.64. The number of carbonyl (C=O) groups excluding carboxylic acids is 1. The van der Waals surface area contributed by atoms with Crippen molar-refractivity contribution >= 4 is 5.97 Å². The van der Waals surface area contributed by atoms with E-state index in [2.05, 4.69) is 19.2 Å². The molecule has 0 heterocycles. The maximum atomic E-state index is 11.2. The van der Waals surface area contributed by atoms with Crippen LogP contribution < -0.4 is 5.32 Å². The van der Waals surface area contributed by atoms with E-state index in [1.165, 1.54) is 0 Å². The van der Waals surface area contributed by atoms with Crippen molar-refractivity contribution in [1.82, 2.24) is 5.32 Å². The quantitative estimate of drug-likeness (QED) is 0.698. The number of ether oxygens (including phenoxy) is 2. The van der Waals surface area contributed by atoms with Crippen LogP contribution in [0.4, 0.5) is 0 Å². The summed E-state index contributed by atoms with van der Waals surface area (Å²) in [6, 6.07) is 0.341. The summed E-state index contributed by atoms with van der Waals surface area (Å²) in [7, 11) is 0. The lowest BCUT2D eigenvalue weighted by molar-refractivity contribution is -0.145. The van der Waals surface area contributed by atoms with Gasteiger partial charge < -0.3 is 14.8 Å². The fourth-order valence-electron chi connectivity index (χ4n) is 2.13. The number of rotatable bonds is 6. The second-order valence-corrected chi connectivity index (χ2v) is 4.74. The molecule has 94 valence electrons. The van der Waals surface area contributed by atoms with Crippen molar-refractivity contribution in [3.8, 4) is 0 Å². The lowest BCUT2D eigenvalue weighted by Gasteiger charge is -2.51. The Morgan fingerprint density at radius 2 is 2.06 bits per heavy atom. The van der Waals surface area contributed by atoms with E-state index in [4.69, 9.17) is 9.47 Å². The van der Waals surface area contributed by atoms with Crippen molar-refractivity contribution in [2.24, 2.45) is 5.41 Å². The zero-order chi connectivity index (χ0) is 12.2. The van der Waals surface area contributed by atoms with E-state index in [1.54, 1.807) is 0 Å². The van der Waals surface area contributed by atoms with Gasteiger partial charge in [-0.2, -0.15) is 0 Å². The Kier molecular flexibility index (Phi) is 4.74. The normalized spacial score (nSPS) is 27.2. The molecule has 0 aromatic carbocycles. The molecule has 1 saturated carbocycles.